The van der Waals surface area contributed by atoms with E-state index in [1.54, 1.807) is 29.2 Å². The summed E-state index contributed by atoms with van der Waals surface area (Å²) >= 11 is 7.19. The summed E-state index contributed by atoms with van der Waals surface area (Å²) in [6.07, 6.45) is 0.350. The molecular formula is C20H17ClN4O3S. The summed E-state index contributed by atoms with van der Waals surface area (Å²) in [5.74, 6) is 0.255. The lowest BCUT2D eigenvalue weighted by Crippen LogP contribution is -2.24. The lowest BCUT2D eigenvalue weighted by Gasteiger charge is -2.16. The first kappa shape index (κ1) is 19.4. The van der Waals surface area contributed by atoms with E-state index < -0.39 is 0 Å². The average molecular weight is 429 g/mol. The maximum Gasteiger partial charge on any atom is 0.264 e. The van der Waals surface area contributed by atoms with Crippen molar-refractivity contribution in [3.8, 4) is 5.75 Å². The first-order valence-electron chi connectivity index (χ1n) is 8.95. The van der Waals surface area contributed by atoms with Crippen LogP contribution in [0.3, 0.4) is 0 Å². The van der Waals surface area contributed by atoms with Gasteiger partial charge in [0, 0.05) is 29.6 Å². The van der Waals surface area contributed by atoms with Crippen molar-refractivity contribution in [1.29, 1.82) is 0 Å². The Morgan fingerprint density at radius 2 is 1.93 bits per heavy atom. The van der Waals surface area contributed by atoms with E-state index in [9.17, 15) is 9.59 Å². The third-order valence-electron chi connectivity index (χ3n) is 4.41. The van der Waals surface area contributed by atoms with E-state index in [1.165, 1.54) is 11.3 Å². The van der Waals surface area contributed by atoms with Crippen LogP contribution in [-0.2, 0) is 9.59 Å². The fraction of sp³-hybridized carbons (Fsp3) is 0.200. The molecular weight excluding hydrogens is 412 g/mol. The summed E-state index contributed by atoms with van der Waals surface area (Å²) in [6, 6.07) is 16.3. The molecule has 7 nitrogen and oxygen atoms in total. The SMILES string of the molecule is O=C(COc1ccccc1)Nc1nnc(C2CC(=O)N(c3ccc(Cl)cc3)C2)s1. The first-order valence-corrected chi connectivity index (χ1v) is 10.1. The maximum absolute atomic E-state index is 12.4. The Bertz CT molecular complexity index is 1010. The Hall–Kier alpha value is -2.97. The molecule has 29 heavy (non-hydrogen) atoms. The van der Waals surface area contributed by atoms with Gasteiger partial charge in [0.1, 0.15) is 10.8 Å². The van der Waals surface area contributed by atoms with Gasteiger partial charge in [-0.25, -0.2) is 0 Å². The molecule has 1 N–H and O–H groups in total. The molecule has 1 saturated heterocycles. The monoisotopic (exact) mass is 428 g/mol. The van der Waals surface area contributed by atoms with Crippen molar-refractivity contribution in [3.63, 3.8) is 0 Å². The number of aromatic nitrogens is 2. The Balaban J connectivity index is 1.34. The first-order chi connectivity index (χ1) is 14.1. The van der Waals surface area contributed by atoms with Crippen LogP contribution >= 0.6 is 22.9 Å². The molecule has 1 aromatic heterocycles. The van der Waals surface area contributed by atoms with E-state index in [0.717, 1.165) is 5.69 Å². The number of benzene rings is 2. The van der Waals surface area contributed by atoms with Crippen LogP contribution in [0.1, 0.15) is 17.3 Å². The molecule has 3 aromatic rings. The van der Waals surface area contributed by atoms with Crippen molar-refractivity contribution in [2.75, 3.05) is 23.4 Å². The smallest absolute Gasteiger partial charge is 0.264 e. The zero-order valence-corrected chi connectivity index (χ0v) is 16.8. The van der Waals surface area contributed by atoms with Crippen molar-refractivity contribution in [2.24, 2.45) is 0 Å². The summed E-state index contributed by atoms with van der Waals surface area (Å²) in [5.41, 5.74) is 0.804. The number of amides is 2. The van der Waals surface area contributed by atoms with Gasteiger partial charge in [0.15, 0.2) is 6.61 Å². The van der Waals surface area contributed by atoms with Crippen molar-refractivity contribution in [3.05, 3.63) is 64.6 Å². The molecule has 0 spiro atoms. The maximum atomic E-state index is 12.4. The molecule has 1 aliphatic heterocycles. The van der Waals surface area contributed by atoms with Gasteiger partial charge in [-0.15, -0.1) is 10.2 Å². The molecule has 1 aliphatic rings. The molecule has 0 aliphatic carbocycles. The number of hydrogen-bond donors (Lipinski definition) is 1. The van der Waals surface area contributed by atoms with E-state index in [0.29, 0.717) is 33.9 Å². The summed E-state index contributed by atoms with van der Waals surface area (Å²) in [4.78, 5) is 26.2. The molecule has 0 saturated carbocycles. The van der Waals surface area contributed by atoms with Crippen molar-refractivity contribution in [1.82, 2.24) is 10.2 Å². The molecule has 2 heterocycles. The van der Waals surface area contributed by atoms with Crippen LogP contribution in [0.4, 0.5) is 10.8 Å². The second-order valence-corrected chi connectivity index (χ2v) is 7.92. The van der Waals surface area contributed by atoms with Crippen molar-refractivity contribution in [2.45, 2.75) is 12.3 Å². The second-order valence-electron chi connectivity index (χ2n) is 6.48. The van der Waals surface area contributed by atoms with Crippen LogP contribution in [0.2, 0.25) is 5.02 Å². The normalized spacial score (nSPS) is 16.1. The van der Waals surface area contributed by atoms with Gasteiger partial charge in [-0.3, -0.25) is 14.9 Å². The topological polar surface area (TPSA) is 84.4 Å². The number of para-hydroxylation sites is 1. The summed E-state index contributed by atoms with van der Waals surface area (Å²) in [6.45, 7) is 0.394. The minimum Gasteiger partial charge on any atom is -0.484 e. The lowest BCUT2D eigenvalue weighted by atomic mass is 10.1. The highest BCUT2D eigenvalue weighted by Crippen LogP contribution is 2.34. The quantitative estimate of drug-likeness (QED) is 0.646. The van der Waals surface area contributed by atoms with Gasteiger partial charge >= 0.3 is 0 Å². The zero-order valence-electron chi connectivity index (χ0n) is 15.2. The molecule has 0 radical (unpaired) electrons. The lowest BCUT2D eigenvalue weighted by molar-refractivity contribution is -0.118. The van der Waals surface area contributed by atoms with Gasteiger partial charge in [-0.1, -0.05) is 41.1 Å². The Morgan fingerprint density at radius 1 is 1.17 bits per heavy atom. The number of carbonyl (C=O) groups excluding carboxylic acids is 2. The standard InChI is InChI=1S/C20H17ClN4O3S/c21-14-6-8-15(9-7-14)25-11-13(10-18(25)27)19-23-24-20(29-19)22-17(26)12-28-16-4-2-1-3-5-16/h1-9,13H,10-12H2,(H,22,24,26). The molecule has 2 amide bonds. The van der Waals surface area contributed by atoms with E-state index >= 15 is 0 Å². The number of carbonyl (C=O) groups is 2. The summed E-state index contributed by atoms with van der Waals surface area (Å²) in [7, 11) is 0. The Morgan fingerprint density at radius 3 is 2.69 bits per heavy atom. The second kappa shape index (κ2) is 8.59. The van der Waals surface area contributed by atoms with Crippen LogP contribution in [0.5, 0.6) is 5.75 Å². The number of rotatable bonds is 6. The third-order valence-corrected chi connectivity index (χ3v) is 5.67. The minimum atomic E-state index is -0.318. The van der Waals surface area contributed by atoms with Gasteiger partial charge in [-0.2, -0.15) is 0 Å². The zero-order chi connectivity index (χ0) is 20.2. The predicted molar refractivity (Wildman–Crippen MR) is 112 cm³/mol. The summed E-state index contributed by atoms with van der Waals surface area (Å²) < 4.78 is 5.42. The summed E-state index contributed by atoms with van der Waals surface area (Å²) in [5, 5.41) is 12.6. The molecule has 9 heteroatoms. The molecule has 1 fully saturated rings. The molecule has 2 aromatic carbocycles. The van der Waals surface area contributed by atoms with Gasteiger partial charge in [-0.05, 0) is 36.4 Å². The van der Waals surface area contributed by atoms with Crippen LogP contribution in [0.15, 0.2) is 54.6 Å². The fourth-order valence-electron chi connectivity index (χ4n) is 3.01. The van der Waals surface area contributed by atoms with Gasteiger partial charge in [0.2, 0.25) is 11.0 Å². The highest BCUT2D eigenvalue weighted by atomic mass is 35.5. The molecule has 1 unspecified atom stereocenters. The number of anilines is 2. The molecule has 148 valence electrons. The number of hydrogen-bond acceptors (Lipinski definition) is 6. The molecule has 4 rings (SSSR count). The molecule has 1 atom stereocenters. The van der Waals surface area contributed by atoms with Crippen LogP contribution in [0, 0.1) is 0 Å². The fourth-order valence-corrected chi connectivity index (χ4v) is 3.99. The van der Waals surface area contributed by atoms with Crippen molar-refractivity contribution >= 4 is 45.6 Å². The largest absolute Gasteiger partial charge is 0.484 e. The van der Waals surface area contributed by atoms with Gasteiger partial charge < -0.3 is 9.64 Å². The van der Waals surface area contributed by atoms with Crippen LogP contribution < -0.4 is 15.0 Å². The van der Waals surface area contributed by atoms with Crippen LogP contribution in [0.25, 0.3) is 0 Å². The predicted octanol–water partition coefficient (Wildman–Crippen LogP) is 3.73. The minimum absolute atomic E-state index is 0.0226. The Labute approximate surface area is 176 Å². The van der Waals surface area contributed by atoms with E-state index in [1.807, 2.05) is 30.3 Å². The van der Waals surface area contributed by atoms with Crippen molar-refractivity contribution < 1.29 is 14.3 Å². The van der Waals surface area contributed by atoms with E-state index in [4.69, 9.17) is 16.3 Å². The highest BCUT2D eigenvalue weighted by molar-refractivity contribution is 7.15. The number of halogens is 1. The number of ether oxygens (including phenoxy) is 1. The third kappa shape index (κ3) is 4.72. The average Bonchev–Trinajstić information content (AvgIpc) is 3.34. The van der Waals surface area contributed by atoms with E-state index in [2.05, 4.69) is 15.5 Å². The van der Waals surface area contributed by atoms with Gasteiger partial charge in [0.25, 0.3) is 5.91 Å². The van der Waals surface area contributed by atoms with E-state index in [-0.39, 0.29) is 24.3 Å². The number of nitrogens with one attached hydrogen (secondary N) is 1. The number of nitrogens with zero attached hydrogens (tertiary/aromatic N) is 3. The Kier molecular flexibility index (Phi) is 5.73. The van der Waals surface area contributed by atoms with Gasteiger partial charge in [0.05, 0.1) is 0 Å². The highest BCUT2D eigenvalue weighted by Gasteiger charge is 2.34. The van der Waals surface area contributed by atoms with Crippen LogP contribution in [-0.4, -0.2) is 35.2 Å². The molecule has 0 bridgehead atoms.